The van der Waals surface area contributed by atoms with Gasteiger partial charge in [0.1, 0.15) is 23.6 Å². The van der Waals surface area contributed by atoms with E-state index in [0.717, 1.165) is 11.0 Å². The van der Waals surface area contributed by atoms with Crippen LogP contribution >= 0.6 is 0 Å². The summed E-state index contributed by atoms with van der Waals surface area (Å²) >= 11 is 0. The lowest BCUT2D eigenvalue weighted by Crippen LogP contribution is -2.64. The van der Waals surface area contributed by atoms with E-state index in [1.807, 2.05) is 0 Å². The van der Waals surface area contributed by atoms with Crippen LogP contribution in [0.5, 0.6) is 0 Å². The van der Waals surface area contributed by atoms with Gasteiger partial charge in [0, 0.05) is 0 Å². The smallest absolute Gasteiger partial charge is 0.250 e. The fraction of sp³-hybridized carbons (Fsp3) is 0.467. The predicted octanol–water partition coefficient (Wildman–Crippen LogP) is 2.15. The molecule has 2 atom stereocenters. The first kappa shape index (κ1) is 15.4. The molecule has 1 aliphatic rings. The molecular weight excluding hydrogens is 278 g/mol. The predicted molar refractivity (Wildman–Crippen MR) is 74.8 cm³/mol. The highest BCUT2D eigenvalue weighted by Gasteiger charge is 2.42. The van der Waals surface area contributed by atoms with E-state index in [-0.39, 0.29) is 11.5 Å². The lowest BCUT2D eigenvalue weighted by Gasteiger charge is -2.39. The van der Waals surface area contributed by atoms with Crippen molar-refractivity contribution in [1.29, 1.82) is 0 Å². The minimum absolute atomic E-state index is 0.174. The molecule has 6 heteroatoms. The maximum Gasteiger partial charge on any atom is 0.250 e. The van der Waals surface area contributed by atoms with Gasteiger partial charge < -0.3 is 5.32 Å². The van der Waals surface area contributed by atoms with Crippen LogP contribution in [-0.2, 0) is 9.59 Å². The van der Waals surface area contributed by atoms with Crippen molar-refractivity contribution >= 4 is 17.5 Å². The summed E-state index contributed by atoms with van der Waals surface area (Å²) in [5.41, 5.74) is -0.230. The number of hydrogen-bond donors (Lipinski definition) is 1. The number of piperazine rings is 1. The molecule has 114 valence electrons. The van der Waals surface area contributed by atoms with Crippen LogP contribution in [0.25, 0.3) is 0 Å². The third-order valence-electron chi connectivity index (χ3n) is 3.74. The molecule has 1 aromatic carbocycles. The van der Waals surface area contributed by atoms with E-state index in [1.165, 1.54) is 19.9 Å². The molecular formula is C15H18F2N2O2. The summed E-state index contributed by atoms with van der Waals surface area (Å²) in [5, 5.41) is 2.59. The Morgan fingerprint density at radius 2 is 1.86 bits per heavy atom. The molecule has 0 spiro atoms. The molecule has 0 saturated carbocycles. The molecule has 0 aromatic heterocycles. The Morgan fingerprint density at radius 3 is 2.43 bits per heavy atom. The third kappa shape index (κ3) is 2.50. The first-order chi connectivity index (χ1) is 9.75. The van der Waals surface area contributed by atoms with Gasteiger partial charge in [-0.15, -0.1) is 0 Å². The van der Waals surface area contributed by atoms with Crippen LogP contribution in [0, 0.1) is 24.5 Å². The number of rotatable bonds is 2. The highest BCUT2D eigenvalue weighted by molar-refractivity contribution is 6.08. The van der Waals surface area contributed by atoms with E-state index in [4.69, 9.17) is 0 Å². The van der Waals surface area contributed by atoms with Gasteiger partial charge in [-0.1, -0.05) is 19.9 Å². The molecule has 1 aliphatic heterocycles. The fourth-order valence-electron chi connectivity index (χ4n) is 2.41. The number of carbonyl (C=O) groups excluding carboxylic acids is 2. The van der Waals surface area contributed by atoms with Crippen molar-refractivity contribution < 1.29 is 18.4 Å². The molecule has 21 heavy (non-hydrogen) atoms. The van der Waals surface area contributed by atoms with E-state index in [1.54, 1.807) is 13.8 Å². The topological polar surface area (TPSA) is 49.4 Å². The highest BCUT2D eigenvalue weighted by atomic mass is 19.1. The van der Waals surface area contributed by atoms with Gasteiger partial charge in [0.05, 0.1) is 0 Å². The standard InChI is InChI=1S/C15H18F2N2O2/c1-7(2)12-15(21)19(9(4)14(20)18-12)13-10(16)6-5-8(3)11(13)17/h5-7,9,12H,1-4H3,(H,18,20). The van der Waals surface area contributed by atoms with Crippen molar-refractivity contribution in [3.8, 4) is 0 Å². The third-order valence-corrected chi connectivity index (χ3v) is 3.74. The molecule has 4 nitrogen and oxygen atoms in total. The monoisotopic (exact) mass is 296 g/mol. The molecule has 0 bridgehead atoms. The van der Waals surface area contributed by atoms with Gasteiger partial charge in [0.15, 0.2) is 5.82 Å². The molecule has 1 heterocycles. The molecule has 1 aromatic rings. The molecule has 2 amide bonds. The van der Waals surface area contributed by atoms with Crippen LogP contribution in [-0.4, -0.2) is 23.9 Å². The van der Waals surface area contributed by atoms with E-state index in [2.05, 4.69) is 5.32 Å². The number of anilines is 1. The zero-order chi connectivity index (χ0) is 15.9. The van der Waals surface area contributed by atoms with Gasteiger partial charge in [0.25, 0.3) is 5.91 Å². The molecule has 1 fully saturated rings. The van der Waals surface area contributed by atoms with Crippen LogP contribution in [0.2, 0.25) is 0 Å². The second-order valence-corrected chi connectivity index (χ2v) is 5.64. The van der Waals surface area contributed by atoms with E-state index in [9.17, 15) is 18.4 Å². The zero-order valence-electron chi connectivity index (χ0n) is 12.4. The Hall–Kier alpha value is -1.98. The average molecular weight is 296 g/mol. The Balaban J connectivity index is 2.57. The van der Waals surface area contributed by atoms with E-state index < -0.39 is 41.2 Å². The molecule has 1 saturated heterocycles. The number of nitrogens with zero attached hydrogens (tertiary/aromatic N) is 1. The largest absolute Gasteiger partial charge is 0.342 e. The second kappa shape index (κ2) is 5.42. The second-order valence-electron chi connectivity index (χ2n) is 5.64. The van der Waals surface area contributed by atoms with Crippen molar-refractivity contribution in [1.82, 2.24) is 5.32 Å². The lowest BCUT2D eigenvalue weighted by atomic mass is 9.97. The number of carbonyl (C=O) groups is 2. The normalized spacial score (nSPS) is 22.7. The SMILES string of the molecule is Cc1ccc(F)c(N2C(=O)C(C(C)C)NC(=O)C2C)c1F. The Morgan fingerprint density at radius 1 is 1.24 bits per heavy atom. The molecule has 0 radical (unpaired) electrons. The van der Waals surface area contributed by atoms with Gasteiger partial charge >= 0.3 is 0 Å². The van der Waals surface area contributed by atoms with Crippen LogP contribution < -0.4 is 10.2 Å². The molecule has 1 N–H and O–H groups in total. The van der Waals surface area contributed by atoms with E-state index in [0.29, 0.717) is 0 Å². The summed E-state index contributed by atoms with van der Waals surface area (Å²) in [4.78, 5) is 25.4. The summed E-state index contributed by atoms with van der Waals surface area (Å²) in [6.45, 7) is 6.46. The van der Waals surface area contributed by atoms with Crippen LogP contribution in [0.15, 0.2) is 12.1 Å². The van der Waals surface area contributed by atoms with Crippen LogP contribution in [0.4, 0.5) is 14.5 Å². The van der Waals surface area contributed by atoms with Gasteiger partial charge in [0.2, 0.25) is 5.91 Å². The summed E-state index contributed by atoms with van der Waals surface area (Å²) in [6, 6.07) is 0.657. The summed E-state index contributed by atoms with van der Waals surface area (Å²) in [7, 11) is 0. The summed E-state index contributed by atoms with van der Waals surface area (Å²) in [6.07, 6.45) is 0. The first-order valence-electron chi connectivity index (χ1n) is 6.83. The van der Waals surface area contributed by atoms with Gasteiger partial charge in [-0.2, -0.15) is 0 Å². The number of amides is 2. The zero-order valence-corrected chi connectivity index (χ0v) is 12.4. The van der Waals surface area contributed by atoms with Crippen molar-refractivity contribution in [2.24, 2.45) is 5.92 Å². The summed E-state index contributed by atoms with van der Waals surface area (Å²) in [5.74, 6) is -2.76. The Bertz CT molecular complexity index is 602. The van der Waals surface area contributed by atoms with Crippen LogP contribution in [0.3, 0.4) is 0 Å². The molecule has 2 rings (SSSR count). The summed E-state index contributed by atoms with van der Waals surface area (Å²) < 4.78 is 28.3. The fourth-order valence-corrected chi connectivity index (χ4v) is 2.41. The molecule has 2 unspecified atom stereocenters. The minimum Gasteiger partial charge on any atom is -0.342 e. The van der Waals surface area contributed by atoms with Gasteiger partial charge in [-0.3, -0.25) is 14.5 Å². The Kier molecular flexibility index (Phi) is 3.98. The average Bonchev–Trinajstić information content (AvgIpc) is 2.41. The minimum atomic E-state index is -0.960. The number of halogens is 2. The number of nitrogens with one attached hydrogen (secondary N) is 1. The highest BCUT2D eigenvalue weighted by Crippen LogP contribution is 2.30. The van der Waals surface area contributed by atoms with Gasteiger partial charge in [-0.05, 0) is 31.4 Å². The molecule has 0 aliphatic carbocycles. The number of hydrogen-bond acceptors (Lipinski definition) is 2. The van der Waals surface area contributed by atoms with Crippen molar-refractivity contribution in [2.75, 3.05) is 4.90 Å². The van der Waals surface area contributed by atoms with Gasteiger partial charge in [-0.25, -0.2) is 8.78 Å². The number of aryl methyl sites for hydroxylation is 1. The van der Waals surface area contributed by atoms with Crippen LogP contribution in [0.1, 0.15) is 26.3 Å². The van der Waals surface area contributed by atoms with Crippen molar-refractivity contribution in [2.45, 2.75) is 39.8 Å². The first-order valence-corrected chi connectivity index (χ1v) is 6.83. The Labute approximate surface area is 122 Å². The number of benzene rings is 1. The maximum absolute atomic E-state index is 14.3. The quantitative estimate of drug-likeness (QED) is 0.909. The lowest BCUT2D eigenvalue weighted by molar-refractivity contribution is -0.134. The van der Waals surface area contributed by atoms with Crippen molar-refractivity contribution in [3.63, 3.8) is 0 Å². The van der Waals surface area contributed by atoms with E-state index >= 15 is 0 Å². The maximum atomic E-state index is 14.3. The van der Waals surface area contributed by atoms with Crippen molar-refractivity contribution in [3.05, 3.63) is 29.3 Å².